The summed E-state index contributed by atoms with van der Waals surface area (Å²) in [7, 11) is 1.65. The van der Waals surface area contributed by atoms with Crippen molar-refractivity contribution in [3.63, 3.8) is 0 Å². The molecule has 10 nitrogen and oxygen atoms in total. The highest BCUT2D eigenvalue weighted by atomic mass is 16.7. The van der Waals surface area contributed by atoms with Crippen LogP contribution in [0.2, 0.25) is 0 Å². The number of ether oxygens (including phenoxy) is 3. The van der Waals surface area contributed by atoms with Crippen LogP contribution < -0.4 is 24.6 Å². The third-order valence-corrected chi connectivity index (χ3v) is 14.8. The second kappa shape index (κ2) is 19.9. The molecule has 9 rings (SSSR count). The Labute approximate surface area is 392 Å². The molecule has 0 radical (unpaired) electrons. The quantitative estimate of drug-likeness (QED) is 0.0882. The molecule has 2 aliphatic heterocycles. The van der Waals surface area contributed by atoms with Crippen LogP contribution in [0.5, 0.6) is 17.5 Å². The number of nitrogens with zero attached hydrogens (tertiary/aromatic N) is 5. The number of rotatable bonds is 16. The number of aromatic nitrogens is 3. The Morgan fingerprint density at radius 3 is 2.11 bits per heavy atom. The molecule has 1 unspecified atom stereocenters. The highest BCUT2D eigenvalue weighted by molar-refractivity contribution is 6.62. The van der Waals surface area contributed by atoms with Gasteiger partial charge in [-0.2, -0.15) is 10.1 Å². The first kappa shape index (κ1) is 45.8. The van der Waals surface area contributed by atoms with E-state index < -0.39 is 0 Å². The molecule has 3 fully saturated rings. The number of aryl methyl sites for hydroxylation is 1. The minimum absolute atomic E-state index is 0.266. The summed E-state index contributed by atoms with van der Waals surface area (Å²) < 4.78 is 33.9. The molecule has 0 amide bonds. The van der Waals surface area contributed by atoms with Crippen LogP contribution in [-0.4, -0.2) is 76.3 Å². The molecule has 11 heteroatoms. The van der Waals surface area contributed by atoms with Crippen molar-refractivity contribution in [2.75, 3.05) is 31.1 Å². The number of fused-ring (bicyclic) bond motifs is 1. The van der Waals surface area contributed by atoms with Gasteiger partial charge in [0, 0.05) is 56.4 Å². The van der Waals surface area contributed by atoms with Gasteiger partial charge >= 0.3 is 7.12 Å². The molecule has 3 aliphatic rings. The number of anilines is 1. The number of piperazine rings is 1. The van der Waals surface area contributed by atoms with Crippen LogP contribution in [0.1, 0.15) is 96.3 Å². The predicted octanol–water partition coefficient (Wildman–Crippen LogP) is 10.7. The fourth-order valence-electron chi connectivity index (χ4n) is 9.90. The van der Waals surface area contributed by atoms with Gasteiger partial charge in [0.15, 0.2) is 0 Å². The Morgan fingerprint density at radius 2 is 1.42 bits per heavy atom. The van der Waals surface area contributed by atoms with Gasteiger partial charge in [0.2, 0.25) is 11.8 Å². The third kappa shape index (κ3) is 10.3. The van der Waals surface area contributed by atoms with Crippen LogP contribution in [0, 0.1) is 12.8 Å². The van der Waals surface area contributed by atoms with Crippen molar-refractivity contribution in [1.29, 1.82) is 0 Å². The van der Waals surface area contributed by atoms with Gasteiger partial charge in [-0.15, -0.1) is 0 Å². The zero-order valence-corrected chi connectivity index (χ0v) is 40.2. The summed E-state index contributed by atoms with van der Waals surface area (Å²) in [6, 6.07) is 37.9. The van der Waals surface area contributed by atoms with Crippen molar-refractivity contribution < 1.29 is 23.5 Å². The van der Waals surface area contributed by atoms with E-state index in [9.17, 15) is 0 Å². The van der Waals surface area contributed by atoms with Crippen LogP contribution in [0.3, 0.4) is 0 Å². The van der Waals surface area contributed by atoms with Gasteiger partial charge in [0.1, 0.15) is 24.7 Å². The Balaban J connectivity index is 0.757. The number of hydrogen-bond acceptors (Lipinski definition) is 9. The van der Waals surface area contributed by atoms with E-state index in [-0.39, 0.29) is 24.4 Å². The molecular formula is C55H68BN5O5. The fraction of sp³-hybridized carbons (Fsp3) is 0.455. The van der Waals surface area contributed by atoms with E-state index in [4.69, 9.17) is 33.6 Å². The van der Waals surface area contributed by atoms with Gasteiger partial charge < -0.3 is 28.4 Å². The topological polar surface area (TPSA) is 83.3 Å². The highest BCUT2D eigenvalue weighted by Gasteiger charge is 2.52. The first-order valence-corrected chi connectivity index (χ1v) is 24.3. The summed E-state index contributed by atoms with van der Waals surface area (Å²) in [5.74, 6) is 2.77. The lowest BCUT2D eigenvalue weighted by Gasteiger charge is -2.39. The van der Waals surface area contributed by atoms with Crippen molar-refractivity contribution in [1.82, 2.24) is 19.7 Å². The monoisotopic (exact) mass is 890 g/mol. The van der Waals surface area contributed by atoms with E-state index in [0.29, 0.717) is 31.0 Å². The molecule has 1 atom stereocenters. The summed E-state index contributed by atoms with van der Waals surface area (Å²) in [6.07, 6.45) is 8.83. The normalized spacial score (nSPS) is 20.1. The van der Waals surface area contributed by atoms with Gasteiger partial charge in [-0.3, -0.25) is 9.58 Å². The minimum atomic E-state index is -0.375. The third-order valence-electron chi connectivity index (χ3n) is 14.8. The molecule has 2 aromatic heterocycles. The van der Waals surface area contributed by atoms with E-state index >= 15 is 0 Å². The van der Waals surface area contributed by atoms with E-state index in [2.05, 4.69) is 99.9 Å². The maximum Gasteiger partial charge on any atom is 0.495 e. The predicted molar refractivity (Wildman–Crippen MR) is 266 cm³/mol. The molecule has 4 aromatic carbocycles. The Bertz CT molecular complexity index is 2530. The Kier molecular flexibility index (Phi) is 13.8. The molecule has 1 aliphatic carbocycles. The van der Waals surface area contributed by atoms with Gasteiger partial charge in [-0.1, -0.05) is 85.6 Å². The van der Waals surface area contributed by atoms with E-state index in [1.807, 2.05) is 72.4 Å². The lowest BCUT2D eigenvalue weighted by Crippen LogP contribution is -2.49. The number of hydrogen-bond donors (Lipinski definition) is 0. The van der Waals surface area contributed by atoms with Crippen molar-refractivity contribution >= 4 is 29.2 Å². The number of benzene rings is 4. The first-order chi connectivity index (χ1) is 31.9. The van der Waals surface area contributed by atoms with Crippen LogP contribution in [0.25, 0.3) is 22.2 Å². The van der Waals surface area contributed by atoms with Crippen molar-refractivity contribution in [3.8, 4) is 28.8 Å². The SMILES string of the molecule is Cc1c(OC2CCC(CCCC(C)N3CCN(c4ccc5c(-c6ccc(OCc7ccccc7)nc6OCc6ccccc6)nn(C)c5c4)CC3)CC2)cccc1B1OC(C)(C)C(C)(C)O1. The average Bonchev–Trinajstić information content (AvgIpc) is 3.77. The summed E-state index contributed by atoms with van der Waals surface area (Å²) in [5, 5.41) is 6.11. The van der Waals surface area contributed by atoms with Gasteiger partial charge in [-0.05, 0) is 132 Å². The molecule has 1 saturated carbocycles. The second-order valence-electron chi connectivity index (χ2n) is 19.8. The Hall–Kier alpha value is -5.36. The summed E-state index contributed by atoms with van der Waals surface area (Å²) in [5.41, 5.74) is 7.62. The summed E-state index contributed by atoms with van der Waals surface area (Å²) in [6.45, 7) is 18.0. The molecule has 6 aromatic rings. The molecule has 2 saturated heterocycles. The zero-order valence-electron chi connectivity index (χ0n) is 40.2. The maximum atomic E-state index is 6.66. The van der Waals surface area contributed by atoms with E-state index in [1.165, 1.54) is 37.8 Å². The summed E-state index contributed by atoms with van der Waals surface area (Å²) >= 11 is 0. The first-order valence-electron chi connectivity index (χ1n) is 24.3. The molecule has 0 N–H and O–H groups in total. The van der Waals surface area contributed by atoms with Gasteiger partial charge in [0.25, 0.3) is 0 Å². The molecule has 346 valence electrons. The van der Waals surface area contributed by atoms with Crippen LogP contribution >= 0.6 is 0 Å². The van der Waals surface area contributed by atoms with Crippen molar-refractivity contribution in [2.45, 2.75) is 123 Å². The zero-order chi connectivity index (χ0) is 45.8. The van der Waals surface area contributed by atoms with Crippen molar-refractivity contribution in [2.24, 2.45) is 13.0 Å². The molecule has 4 heterocycles. The van der Waals surface area contributed by atoms with Crippen LogP contribution in [0.15, 0.2) is 109 Å². The minimum Gasteiger partial charge on any atom is -0.490 e. The number of pyridine rings is 1. The molecule has 0 bridgehead atoms. The van der Waals surface area contributed by atoms with E-state index in [0.717, 1.165) is 95.0 Å². The van der Waals surface area contributed by atoms with Gasteiger partial charge in [-0.25, -0.2) is 0 Å². The summed E-state index contributed by atoms with van der Waals surface area (Å²) in [4.78, 5) is 10.1. The van der Waals surface area contributed by atoms with Gasteiger partial charge in [0.05, 0.1) is 28.4 Å². The average molecular weight is 890 g/mol. The highest BCUT2D eigenvalue weighted by Crippen LogP contribution is 2.39. The van der Waals surface area contributed by atoms with Crippen molar-refractivity contribution in [3.05, 3.63) is 126 Å². The molecular weight excluding hydrogens is 821 g/mol. The molecule has 66 heavy (non-hydrogen) atoms. The van der Waals surface area contributed by atoms with E-state index in [1.54, 1.807) is 0 Å². The lowest BCUT2D eigenvalue weighted by atomic mass is 9.76. The van der Waals surface area contributed by atoms with Crippen LogP contribution in [0.4, 0.5) is 5.69 Å². The molecule has 0 spiro atoms. The standard InChI is InChI=1S/C55H68BN5O5/c1-39(16-14-21-41-24-27-45(28-25-41)64-50-23-15-22-48(40(50)2)56-65-54(3,4)55(5,6)66-56)60-32-34-61(35-33-60)44-26-29-46-49(36-44)59(7)58-52(46)47-30-31-51(62-37-42-17-10-8-11-18-42)57-53(47)63-38-43-19-12-9-13-20-43/h8-13,15,17-20,22-23,26,29-31,36,39,41,45H,14,16,21,24-25,27-28,32-35,37-38H2,1-7H3. The van der Waals surface area contributed by atoms with Crippen LogP contribution in [-0.2, 0) is 29.6 Å². The fourth-order valence-corrected chi connectivity index (χ4v) is 9.90. The largest absolute Gasteiger partial charge is 0.495 e. The smallest absolute Gasteiger partial charge is 0.490 e. The maximum absolute atomic E-state index is 6.66. The second-order valence-corrected chi connectivity index (χ2v) is 19.8. The lowest BCUT2D eigenvalue weighted by molar-refractivity contribution is 0.00578. The Morgan fingerprint density at radius 1 is 0.758 bits per heavy atom.